The maximum atomic E-state index is 12.2. The fourth-order valence-electron chi connectivity index (χ4n) is 2.19. The molecule has 1 aliphatic carbocycles. The summed E-state index contributed by atoms with van der Waals surface area (Å²) in [6.45, 7) is 2.65. The summed E-state index contributed by atoms with van der Waals surface area (Å²) in [7, 11) is 0. The van der Waals surface area contributed by atoms with E-state index >= 15 is 0 Å². The standard InChI is InChI=1S/C13H17BrN2O3/c1-2-16-7-9(14)5-11(16)13(19)15-10(6-12(17)18)8-3-4-8/h5,7-8,10H,2-4,6H2,1H3,(H,15,19)(H,17,18). The van der Waals surface area contributed by atoms with Crippen LogP contribution in [0, 0.1) is 5.92 Å². The highest BCUT2D eigenvalue weighted by Gasteiger charge is 2.34. The van der Waals surface area contributed by atoms with Gasteiger partial charge in [-0.25, -0.2) is 0 Å². The molecule has 1 fully saturated rings. The second-order valence-electron chi connectivity index (χ2n) is 4.84. The van der Waals surface area contributed by atoms with E-state index in [9.17, 15) is 9.59 Å². The van der Waals surface area contributed by atoms with E-state index in [1.807, 2.05) is 17.7 Å². The minimum Gasteiger partial charge on any atom is -0.481 e. The number of carboxylic acid groups (broad SMARTS) is 1. The smallest absolute Gasteiger partial charge is 0.305 e. The van der Waals surface area contributed by atoms with Gasteiger partial charge in [0.05, 0.1) is 6.42 Å². The Kier molecular flexibility index (Phi) is 4.29. The van der Waals surface area contributed by atoms with Crippen LogP contribution < -0.4 is 5.32 Å². The zero-order valence-electron chi connectivity index (χ0n) is 10.7. The van der Waals surface area contributed by atoms with Gasteiger partial charge >= 0.3 is 5.97 Å². The summed E-state index contributed by atoms with van der Waals surface area (Å²) in [4.78, 5) is 23.0. The molecule has 0 bridgehead atoms. The van der Waals surface area contributed by atoms with Crippen LogP contribution >= 0.6 is 15.9 Å². The average Bonchev–Trinajstić information content (AvgIpc) is 3.10. The van der Waals surface area contributed by atoms with Crippen molar-refractivity contribution in [3.8, 4) is 0 Å². The van der Waals surface area contributed by atoms with Crippen molar-refractivity contribution in [2.45, 2.75) is 38.8 Å². The molecule has 1 unspecified atom stereocenters. The van der Waals surface area contributed by atoms with E-state index in [0.717, 1.165) is 17.3 Å². The third-order valence-electron chi connectivity index (χ3n) is 3.34. The monoisotopic (exact) mass is 328 g/mol. The van der Waals surface area contributed by atoms with E-state index in [1.165, 1.54) is 0 Å². The lowest BCUT2D eigenvalue weighted by atomic mass is 10.1. The number of carbonyl (C=O) groups is 2. The van der Waals surface area contributed by atoms with Crippen molar-refractivity contribution in [2.24, 2.45) is 5.92 Å². The van der Waals surface area contributed by atoms with Gasteiger partial charge in [-0.3, -0.25) is 9.59 Å². The number of aromatic nitrogens is 1. The Morgan fingerprint density at radius 3 is 2.79 bits per heavy atom. The quantitative estimate of drug-likeness (QED) is 0.841. The van der Waals surface area contributed by atoms with Crippen molar-refractivity contribution in [1.29, 1.82) is 0 Å². The number of nitrogens with one attached hydrogen (secondary N) is 1. The molecule has 2 rings (SSSR count). The maximum Gasteiger partial charge on any atom is 0.305 e. The molecule has 1 saturated carbocycles. The van der Waals surface area contributed by atoms with E-state index in [2.05, 4.69) is 21.2 Å². The summed E-state index contributed by atoms with van der Waals surface area (Å²) in [5.41, 5.74) is 0.561. The Hall–Kier alpha value is -1.30. The molecule has 0 aliphatic heterocycles. The number of halogens is 1. The molecule has 1 amide bonds. The topological polar surface area (TPSA) is 71.3 Å². The number of carbonyl (C=O) groups excluding carboxylic acids is 1. The summed E-state index contributed by atoms with van der Waals surface area (Å²) >= 11 is 3.34. The first-order valence-electron chi connectivity index (χ1n) is 6.39. The Morgan fingerprint density at radius 2 is 2.26 bits per heavy atom. The molecule has 6 heteroatoms. The van der Waals surface area contributed by atoms with Crippen molar-refractivity contribution < 1.29 is 14.7 Å². The lowest BCUT2D eigenvalue weighted by Crippen LogP contribution is -2.38. The van der Waals surface area contributed by atoms with Crippen LogP contribution in [0.25, 0.3) is 0 Å². The molecule has 1 aromatic heterocycles. The third kappa shape index (κ3) is 3.59. The van der Waals surface area contributed by atoms with E-state index in [4.69, 9.17) is 5.11 Å². The fourth-order valence-corrected chi connectivity index (χ4v) is 2.66. The van der Waals surface area contributed by atoms with E-state index in [0.29, 0.717) is 18.2 Å². The lowest BCUT2D eigenvalue weighted by molar-refractivity contribution is -0.137. The van der Waals surface area contributed by atoms with Crippen LogP contribution in [0.15, 0.2) is 16.7 Å². The second-order valence-corrected chi connectivity index (χ2v) is 5.76. The summed E-state index contributed by atoms with van der Waals surface area (Å²) in [5, 5.41) is 11.7. The van der Waals surface area contributed by atoms with Crippen LogP contribution in [0.2, 0.25) is 0 Å². The summed E-state index contributed by atoms with van der Waals surface area (Å²) in [5.74, 6) is -0.761. The third-order valence-corrected chi connectivity index (χ3v) is 3.77. The molecule has 19 heavy (non-hydrogen) atoms. The van der Waals surface area contributed by atoms with Gasteiger partial charge in [0.1, 0.15) is 5.69 Å². The highest BCUT2D eigenvalue weighted by atomic mass is 79.9. The molecule has 1 aromatic rings. The molecule has 104 valence electrons. The summed E-state index contributed by atoms with van der Waals surface area (Å²) in [6, 6.07) is 1.49. The van der Waals surface area contributed by atoms with Crippen LogP contribution in [-0.2, 0) is 11.3 Å². The Labute approximate surface area is 120 Å². The van der Waals surface area contributed by atoms with Gasteiger partial charge in [-0.2, -0.15) is 0 Å². The average molecular weight is 329 g/mol. The Morgan fingerprint density at radius 1 is 1.58 bits per heavy atom. The summed E-state index contributed by atoms with van der Waals surface area (Å²) < 4.78 is 2.69. The molecule has 5 nitrogen and oxygen atoms in total. The van der Waals surface area contributed by atoms with Gasteiger partial charge in [-0.1, -0.05) is 0 Å². The van der Waals surface area contributed by atoms with Crippen LogP contribution in [0.3, 0.4) is 0 Å². The van der Waals surface area contributed by atoms with Gasteiger partial charge in [-0.15, -0.1) is 0 Å². The molecule has 0 saturated heterocycles. The van der Waals surface area contributed by atoms with E-state index in [1.54, 1.807) is 6.07 Å². The highest BCUT2D eigenvalue weighted by Crippen LogP contribution is 2.34. The molecule has 1 heterocycles. The van der Waals surface area contributed by atoms with Crippen molar-refractivity contribution in [3.05, 3.63) is 22.4 Å². The first-order chi connectivity index (χ1) is 9.01. The first kappa shape index (κ1) is 14.1. The number of aliphatic carboxylic acids is 1. The van der Waals surface area contributed by atoms with Crippen molar-refractivity contribution in [3.63, 3.8) is 0 Å². The lowest BCUT2D eigenvalue weighted by Gasteiger charge is -2.16. The van der Waals surface area contributed by atoms with Crippen LogP contribution in [-0.4, -0.2) is 27.6 Å². The van der Waals surface area contributed by atoms with Crippen LogP contribution in [0.1, 0.15) is 36.7 Å². The van der Waals surface area contributed by atoms with E-state index in [-0.39, 0.29) is 18.4 Å². The predicted octanol–water partition coefficient (Wildman–Crippen LogP) is 2.25. The highest BCUT2D eigenvalue weighted by molar-refractivity contribution is 9.10. The zero-order valence-corrected chi connectivity index (χ0v) is 12.3. The molecule has 2 N–H and O–H groups in total. The zero-order chi connectivity index (χ0) is 14.0. The second kappa shape index (κ2) is 5.77. The molecular weight excluding hydrogens is 312 g/mol. The molecule has 0 aromatic carbocycles. The van der Waals surface area contributed by atoms with E-state index < -0.39 is 5.97 Å². The number of hydrogen-bond acceptors (Lipinski definition) is 2. The molecular formula is C13H17BrN2O3. The van der Waals surface area contributed by atoms with Crippen molar-refractivity contribution >= 4 is 27.8 Å². The number of amides is 1. The van der Waals surface area contributed by atoms with Crippen molar-refractivity contribution in [1.82, 2.24) is 9.88 Å². The molecule has 1 atom stereocenters. The van der Waals surface area contributed by atoms with Gasteiger partial charge in [0.25, 0.3) is 5.91 Å². The minimum atomic E-state index is -0.871. The number of hydrogen-bond donors (Lipinski definition) is 2. The van der Waals surface area contributed by atoms with Gasteiger partial charge in [0.15, 0.2) is 0 Å². The van der Waals surface area contributed by atoms with Gasteiger partial charge in [0, 0.05) is 23.3 Å². The van der Waals surface area contributed by atoms with Gasteiger partial charge in [0.2, 0.25) is 0 Å². The number of nitrogens with zero attached hydrogens (tertiary/aromatic N) is 1. The van der Waals surface area contributed by atoms with Gasteiger partial charge < -0.3 is 15.0 Å². The predicted molar refractivity (Wildman–Crippen MR) is 74.0 cm³/mol. The SMILES string of the molecule is CCn1cc(Br)cc1C(=O)NC(CC(=O)O)C1CC1. The Balaban J connectivity index is 2.07. The Bertz CT molecular complexity index is 494. The van der Waals surface area contributed by atoms with Crippen LogP contribution in [0.5, 0.6) is 0 Å². The van der Waals surface area contributed by atoms with Crippen molar-refractivity contribution in [2.75, 3.05) is 0 Å². The largest absolute Gasteiger partial charge is 0.481 e. The summed E-state index contributed by atoms with van der Waals surface area (Å²) in [6.07, 6.45) is 3.83. The molecule has 1 aliphatic rings. The number of aryl methyl sites for hydroxylation is 1. The maximum absolute atomic E-state index is 12.2. The van der Waals surface area contributed by atoms with Gasteiger partial charge in [-0.05, 0) is 47.7 Å². The fraction of sp³-hybridized carbons (Fsp3) is 0.538. The van der Waals surface area contributed by atoms with Crippen LogP contribution in [0.4, 0.5) is 0 Å². The number of rotatable bonds is 6. The molecule has 0 radical (unpaired) electrons. The number of carboxylic acids is 1. The minimum absolute atomic E-state index is 0.00951. The molecule has 0 spiro atoms. The normalized spacial score (nSPS) is 16.1. The first-order valence-corrected chi connectivity index (χ1v) is 7.19.